The van der Waals surface area contributed by atoms with Gasteiger partial charge < -0.3 is 4.74 Å². The molecule has 0 fully saturated rings. The Hall–Kier alpha value is -3.42. The fourth-order valence-electron chi connectivity index (χ4n) is 2.45. The van der Waals surface area contributed by atoms with Crippen molar-refractivity contribution >= 4 is 17.5 Å². The van der Waals surface area contributed by atoms with Gasteiger partial charge in [0.2, 0.25) is 5.91 Å². The third-order valence-corrected chi connectivity index (χ3v) is 4.03. The van der Waals surface area contributed by atoms with E-state index in [1.54, 1.807) is 0 Å². The van der Waals surface area contributed by atoms with Crippen molar-refractivity contribution in [1.82, 2.24) is 10.9 Å². The van der Waals surface area contributed by atoms with Crippen molar-refractivity contribution in [2.24, 2.45) is 0 Å². The molecule has 2 aromatic rings. The van der Waals surface area contributed by atoms with Gasteiger partial charge in [-0.05, 0) is 49.9 Å². The highest BCUT2D eigenvalue weighted by Crippen LogP contribution is 2.19. The van der Waals surface area contributed by atoms with Gasteiger partial charge in [-0.25, -0.2) is 0 Å². The number of nitro groups is 1. The number of non-ortho nitro benzene ring substituents is 1. The van der Waals surface area contributed by atoms with Crippen LogP contribution in [0, 0.1) is 24.0 Å². The summed E-state index contributed by atoms with van der Waals surface area (Å²) in [7, 11) is 0. The van der Waals surface area contributed by atoms with Crippen molar-refractivity contribution < 1.29 is 19.2 Å². The molecule has 2 rings (SSSR count). The summed E-state index contributed by atoms with van der Waals surface area (Å²) >= 11 is 0. The molecule has 0 aliphatic carbocycles. The van der Waals surface area contributed by atoms with Crippen LogP contribution >= 0.6 is 0 Å². The number of carbonyl (C=O) groups is 2. The van der Waals surface area contributed by atoms with Crippen LogP contribution in [-0.4, -0.2) is 23.3 Å². The van der Waals surface area contributed by atoms with Crippen molar-refractivity contribution in [3.8, 4) is 5.75 Å². The van der Waals surface area contributed by atoms with Gasteiger partial charge in [0.25, 0.3) is 11.6 Å². The van der Waals surface area contributed by atoms with Gasteiger partial charge in [-0.1, -0.05) is 18.2 Å². The zero-order valence-corrected chi connectivity index (χ0v) is 15.9. The smallest absolute Gasteiger partial charge is 0.270 e. The Morgan fingerprint density at radius 3 is 2.61 bits per heavy atom. The number of nitro benzene ring substituents is 1. The van der Waals surface area contributed by atoms with Crippen LogP contribution in [0.2, 0.25) is 0 Å². The monoisotopic (exact) mass is 385 g/mol. The standard InChI is InChI=1S/C20H23N3O5/c1-14-9-10-15(2)18(12-14)28-11-4-3-8-19(24)21-22-20(25)16-6-5-7-17(13-16)23(26)27/h5-7,9-10,12-13H,3-4,8,11H2,1-2H3,(H,21,24)(H,22,25). The molecular weight excluding hydrogens is 362 g/mol. The Labute approximate surface area is 163 Å². The van der Waals surface area contributed by atoms with Crippen LogP contribution < -0.4 is 15.6 Å². The summed E-state index contributed by atoms with van der Waals surface area (Å²) in [5.74, 6) is -0.116. The molecule has 0 aliphatic heterocycles. The molecule has 2 aromatic carbocycles. The molecule has 8 heteroatoms. The first-order valence-corrected chi connectivity index (χ1v) is 8.90. The molecule has 8 nitrogen and oxygen atoms in total. The van der Waals surface area contributed by atoms with Crippen molar-refractivity contribution in [3.05, 3.63) is 69.3 Å². The topological polar surface area (TPSA) is 111 Å². The number of ether oxygens (including phenoxy) is 1. The summed E-state index contributed by atoms with van der Waals surface area (Å²) in [5, 5.41) is 10.7. The summed E-state index contributed by atoms with van der Waals surface area (Å²) in [6.45, 7) is 4.47. The number of aryl methyl sites for hydroxylation is 2. The highest BCUT2D eigenvalue weighted by Gasteiger charge is 2.12. The maximum Gasteiger partial charge on any atom is 0.270 e. The maximum absolute atomic E-state index is 11.9. The third-order valence-electron chi connectivity index (χ3n) is 4.03. The number of nitrogens with one attached hydrogen (secondary N) is 2. The third kappa shape index (κ3) is 6.39. The molecule has 0 spiro atoms. The van der Waals surface area contributed by atoms with Gasteiger partial charge in [0.15, 0.2) is 0 Å². The quantitative estimate of drug-likeness (QED) is 0.412. The first-order valence-electron chi connectivity index (χ1n) is 8.90. The number of rotatable bonds is 8. The number of unbranched alkanes of at least 4 members (excludes halogenated alkanes) is 1. The van der Waals surface area contributed by atoms with E-state index < -0.39 is 10.8 Å². The summed E-state index contributed by atoms with van der Waals surface area (Å²) in [6, 6.07) is 11.3. The maximum atomic E-state index is 11.9. The minimum Gasteiger partial charge on any atom is -0.493 e. The number of benzene rings is 2. The minimum absolute atomic E-state index is 0.0939. The van der Waals surface area contributed by atoms with E-state index in [0.29, 0.717) is 19.4 Å². The average Bonchev–Trinajstić information content (AvgIpc) is 2.68. The van der Waals surface area contributed by atoms with Crippen molar-refractivity contribution in [1.29, 1.82) is 0 Å². The lowest BCUT2D eigenvalue weighted by atomic mass is 10.1. The van der Waals surface area contributed by atoms with E-state index in [-0.39, 0.29) is 23.6 Å². The van der Waals surface area contributed by atoms with E-state index in [4.69, 9.17) is 4.74 Å². The zero-order chi connectivity index (χ0) is 20.5. The van der Waals surface area contributed by atoms with Gasteiger partial charge in [-0.2, -0.15) is 0 Å². The van der Waals surface area contributed by atoms with Crippen LogP contribution in [0.3, 0.4) is 0 Å². The molecule has 0 heterocycles. The molecule has 0 bridgehead atoms. The molecule has 0 saturated carbocycles. The largest absolute Gasteiger partial charge is 0.493 e. The Balaban J connectivity index is 1.67. The molecule has 0 atom stereocenters. The summed E-state index contributed by atoms with van der Waals surface area (Å²) in [4.78, 5) is 33.9. The number of hydrogen-bond donors (Lipinski definition) is 2. The normalized spacial score (nSPS) is 10.2. The summed E-state index contributed by atoms with van der Waals surface area (Å²) in [6.07, 6.45) is 1.52. The van der Waals surface area contributed by atoms with E-state index in [1.807, 2.05) is 32.0 Å². The summed E-state index contributed by atoms with van der Waals surface area (Å²) < 4.78 is 5.73. The number of hydrogen-bond acceptors (Lipinski definition) is 5. The second kappa shape index (κ2) is 10.1. The van der Waals surface area contributed by atoms with Gasteiger partial charge >= 0.3 is 0 Å². The lowest BCUT2D eigenvalue weighted by Gasteiger charge is -2.10. The van der Waals surface area contributed by atoms with Crippen molar-refractivity contribution in [2.75, 3.05) is 6.61 Å². The van der Waals surface area contributed by atoms with E-state index in [2.05, 4.69) is 10.9 Å². The van der Waals surface area contributed by atoms with Gasteiger partial charge in [0, 0.05) is 24.1 Å². The molecule has 2 N–H and O–H groups in total. The molecule has 0 aromatic heterocycles. The fourth-order valence-corrected chi connectivity index (χ4v) is 2.45. The Kier molecular flexibility index (Phi) is 7.50. The molecular formula is C20H23N3O5. The van der Waals surface area contributed by atoms with Crippen LogP contribution in [0.25, 0.3) is 0 Å². The molecule has 0 radical (unpaired) electrons. The molecule has 0 unspecified atom stereocenters. The highest BCUT2D eigenvalue weighted by atomic mass is 16.6. The van der Waals surface area contributed by atoms with Crippen molar-refractivity contribution in [3.63, 3.8) is 0 Å². The predicted molar refractivity (Wildman–Crippen MR) is 104 cm³/mol. The molecule has 28 heavy (non-hydrogen) atoms. The molecule has 0 aliphatic rings. The predicted octanol–water partition coefficient (Wildman–Crippen LogP) is 3.22. The van der Waals surface area contributed by atoms with Crippen LogP contribution in [0.5, 0.6) is 5.75 Å². The van der Waals surface area contributed by atoms with Gasteiger partial charge in [0.05, 0.1) is 11.5 Å². The van der Waals surface area contributed by atoms with E-state index in [1.165, 1.54) is 18.2 Å². The number of amides is 2. The van der Waals surface area contributed by atoms with Gasteiger partial charge in [0.1, 0.15) is 5.75 Å². The Bertz CT molecular complexity index is 867. The number of nitrogens with zero attached hydrogens (tertiary/aromatic N) is 1. The fraction of sp³-hybridized carbons (Fsp3) is 0.300. The van der Waals surface area contributed by atoms with Gasteiger partial charge in [-0.15, -0.1) is 0 Å². The van der Waals surface area contributed by atoms with E-state index >= 15 is 0 Å². The second-order valence-corrected chi connectivity index (χ2v) is 6.38. The summed E-state index contributed by atoms with van der Waals surface area (Å²) in [5.41, 5.74) is 6.65. The highest BCUT2D eigenvalue weighted by molar-refractivity contribution is 5.95. The van der Waals surface area contributed by atoms with Crippen molar-refractivity contribution in [2.45, 2.75) is 33.1 Å². The molecule has 148 valence electrons. The lowest BCUT2D eigenvalue weighted by Crippen LogP contribution is -2.41. The Morgan fingerprint density at radius 1 is 1.07 bits per heavy atom. The van der Waals surface area contributed by atoms with Crippen LogP contribution in [0.1, 0.15) is 40.7 Å². The minimum atomic E-state index is -0.615. The van der Waals surface area contributed by atoms with Crippen LogP contribution in [0.15, 0.2) is 42.5 Å². The molecule has 2 amide bonds. The first-order chi connectivity index (χ1) is 13.4. The number of carbonyl (C=O) groups excluding carboxylic acids is 2. The second-order valence-electron chi connectivity index (χ2n) is 6.38. The van der Waals surface area contributed by atoms with E-state index in [9.17, 15) is 19.7 Å². The Morgan fingerprint density at radius 2 is 1.86 bits per heavy atom. The number of hydrazine groups is 1. The lowest BCUT2D eigenvalue weighted by molar-refractivity contribution is -0.384. The average molecular weight is 385 g/mol. The van der Waals surface area contributed by atoms with Crippen LogP contribution in [0.4, 0.5) is 5.69 Å². The molecule has 0 saturated heterocycles. The van der Waals surface area contributed by atoms with Gasteiger partial charge in [-0.3, -0.25) is 30.6 Å². The zero-order valence-electron chi connectivity index (χ0n) is 15.9. The first kappa shape index (κ1) is 20.9. The SMILES string of the molecule is Cc1ccc(C)c(OCCCCC(=O)NNC(=O)c2cccc([N+](=O)[O-])c2)c1. The van der Waals surface area contributed by atoms with Crippen LogP contribution in [-0.2, 0) is 4.79 Å². The van der Waals surface area contributed by atoms with E-state index in [0.717, 1.165) is 22.9 Å².